The van der Waals surface area contributed by atoms with Crippen molar-refractivity contribution in [2.24, 2.45) is 0 Å². The molecule has 0 spiro atoms. The van der Waals surface area contributed by atoms with E-state index in [0.29, 0.717) is 16.9 Å². The molecule has 0 atom stereocenters. The Morgan fingerprint density at radius 3 is 2.65 bits per heavy atom. The summed E-state index contributed by atoms with van der Waals surface area (Å²) >= 11 is 0. The van der Waals surface area contributed by atoms with Crippen LogP contribution in [-0.4, -0.2) is 43.4 Å². The Hall–Kier alpha value is -2.24. The first-order valence-electron chi connectivity index (χ1n) is 6.75. The summed E-state index contributed by atoms with van der Waals surface area (Å²) in [5, 5.41) is 5.57. The molecule has 6 nitrogen and oxygen atoms in total. The van der Waals surface area contributed by atoms with Gasteiger partial charge in [-0.2, -0.15) is 0 Å². The van der Waals surface area contributed by atoms with E-state index < -0.39 is 0 Å². The van der Waals surface area contributed by atoms with Crippen LogP contribution in [-0.2, 0) is 4.79 Å². The van der Waals surface area contributed by atoms with E-state index in [1.807, 2.05) is 4.90 Å². The summed E-state index contributed by atoms with van der Waals surface area (Å²) in [6.45, 7) is 1.85. The van der Waals surface area contributed by atoms with Crippen molar-refractivity contribution in [3.8, 4) is 0 Å². The number of anilines is 2. The second-order valence-electron chi connectivity index (χ2n) is 4.82. The van der Waals surface area contributed by atoms with Crippen LogP contribution in [0.25, 0.3) is 0 Å². The lowest BCUT2D eigenvalue weighted by molar-refractivity contribution is -0.128. The molecule has 0 unspecified atom stereocenters. The van der Waals surface area contributed by atoms with Gasteiger partial charge in [-0.25, -0.2) is 0 Å². The number of benzene rings is 1. The van der Waals surface area contributed by atoms with E-state index in [2.05, 4.69) is 10.6 Å². The highest BCUT2D eigenvalue weighted by molar-refractivity contribution is 5.96. The minimum Gasteiger partial charge on any atom is -0.397 e. The van der Waals surface area contributed by atoms with Crippen molar-refractivity contribution in [3.05, 3.63) is 23.8 Å². The fraction of sp³-hybridized carbons (Fsp3) is 0.429. The van der Waals surface area contributed by atoms with Gasteiger partial charge in [-0.1, -0.05) is 0 Å². The summed E-state index contributed by atoms with van der Waals surface area (Å²) in [4.78, 5) is 25.4. The number of carbonyl (C=O) groups is 2. The number of nitrogens with two attached hydrogens (primary N) is 1. The van der Waals surface area contributed by atoms with Gasteiger partial charge in [0.15, 0.2) is 0 Å². The molecule has 1 fully saturated rings. The van der Waals surface area contributed by atoms with Crippen LogP contribution in [0.5, 0.6) is 0 Å². The van der Waals surface area contributed by atoms with Gasteiger partial charge in [0.1, 0.15) is 0 Å². The molecule has 0 saturated carbocycles. The standard InChI is InChI=1S/C14H20N4O2/c1-16-14(20)10-4-5-11(15)12(8-10)17-9-13(19)18-6-2-3-7-18/h4-5,8,17H,2-3,6-7,9,15H2,1H3,(H,16,20). The molecule has 20 heavy (non-hydrogen) atoms. The highest BCUT2D eigenvalue weighted by Gasteiger charge is 2.17. The van der Waals surface area contributed by atoms with E-state index >= 15 is 0 Å². The predicted octanol–water partition coefficient (Wildman–Crippen LogP) is 0.663. The van der Waals surface area contributed by atoms with Crippen LogP contribution in [0.1, 0.15) is 23.2 Å². The van der Waals surface area contributed by atoms with Gasteiger partial charge in [0.05, 0.1) is 17.9 Å². The molecule has 1 aliphatic rings. The van der Waals surface area contributed by atoms with Crippen molar-refractivity contribution < 1.29 is 9.59 Å². The van der Waals surface area contributed by atoms with E-state index in [0.717, 1.165) is 25.9 Å². The normalized spacial score (nSPS) is 14.2. The van der Waals surface area contributed by atoms with E-state index in [9.17, 15) is 9.59 Å². The summed E-state index contributed by atoms with van der Waals surface area (Å²) in [6.07, 6.45) is 2.14. The van der Waals surface area contributed by atoms with Gasteiger partial charge in [-0.3, -0.25) is 9.59 Å². The quantitative estimate of drug-likeness (QED) is 0.705. The van der Waals surface area contributed by atoms with Crippen LogP contribution in [0.3, 0.4) is 0 Å². The van der Waals surface area contributed by atoms with Gasteiger partial charge >= 0.3 is 0 Å². The third kappa shape index (κ3) is 3.20. The Morgan fingerprint density at radius 1 is 1.30 bits per heavy atom. The van der Waals surface area contributed by atoms with Crippen molar-refractivity contribution >= 4 is 23.2 Å². The lowest BCUT2D eigenvalue weighted by Crippen LogP contribution is -2.33. The maximum absolute atomic E-state index is 11.9. The van der Waals surface area contributed by atoms with Crippen LogP contribution in [0.4, 0.5) is 11.4 Å². The maximum atomic E-state index is 11.9. The minimum atomic E-state index is -0.182. The molecule has 108 valence electrons. The number of likely N-dealkylation sites (tertiary alicyclic amines) is 1. The number of hydrogen-bond donors (Lipinski definition) is 3. The number of nitrogens with one attached hydrogen (secondary N) is 2. The van der Waals surface area contributed by atoms with E-state index in [1.165, 1.54) is 0 Å². The number of nitrogens with zero attached hydrogens (tertiary/aromatic N) is 1. The van der Waals surface area contributed by atoms with Gasteiger partial charge in [0.2, 0.25) is 5.91 Å². The Labute approximate surface area is 118 Å². The van der Waals surface area contributed by atoms with Crippen LogP contribution >= 0.6 is 0 Å². The van der Waals surface area contributed by atoms with E-state index in [-0.39, 0.29) is 18.4 Å². The topological polar surface area (TPSA) is 87.5 Å². The number of rotatable bonds is 4. The molecule has 2 amide bonds. The maximum Gasteiger partial charge on any atom is 0.251 e. The van der Waals surface area contributed by atoms with Crippen molar-refractivity contribution in [3.63, 3.8) is 0 Å². The summed E-state index contributed by atoms with van der Waals surface area (Å²) in [5.41, 5.74) is 7.49. The summed E-state index contributed by atoms with van der Waals surface area (Å²) in [6, 6.07) is 4.97. The first kappa shape index (κ1) is 14.2. The van der Waals surface area contributed by atoms with Crippen LogP contribution in [0.15, 0.2) is 18.2 Å². The first-order valence-corrected chi connectivity index (χ1v) is 6.75. The highest BCUT2D eigenvalue weighted by Crippen LogP contribution is 2.20. The van der Waals surface area contributed by atoms with Crippen LogP contribution < -0.4 is 16.4 Å². The zero-order chi connectivity index (χ0) is 14.5. The molecule has 0 radical (unpaired) electrons. The van der Waals surface area contributed by atoms with Crippen molar-refractivity contribution in [2.45, 2.75) is 12.8 Å². The highest BCUT2D eigenvalue weighted by atomic mass is 16.2. The molecule has 1 aliphatic heterocycles. The molecular formula is C14H20N4O2. The molecule has 1 aromatic carbocycles. The molecule has 1 heterocycles. The second kappa shape index (κ2) is 6.27. The van der Waals surface area contributed by atoms with Crippen molar-refractivity contribution in [1.29, 1.82) is 0 Å². The fourth-order valence-electron chi connectivity index (χ4n) is 2.24. The summed E-state index contributed by atoms with van der Waals surface area (Å²) in [5.74, 6) is -0.119. The van der Waals surface area contributed by atoms with Gasteiger partial charge in [0, 0.05) is 25.7 Å². The second-order valence-corrected chi connectivity index (χ2v) is 4.82. The number of nitrogen functional groups attached to an aromatic ring is 1. The Bertz CT molecular complexity index is 510. The predicted molar refractivity (Wildman–Crippen MR) is 78.5 cm³/mol. The van der Waals surface area contributed by atoms with Crippen LogP contribution in [0.2, 0.25) is 0 Å². The third-order valence-corrected chi connectivity index (χ3v) is 3.43. The fourth-order valence-corrected chi connectivity index (χ4v) is 2.24. The van der Waals surface area contributed by atoms with E-state index in [1.54, 1.807) is 25.2 Å². The first-order chi connectivity index (χ1) is 9.61. The Kier molecular flexibility index (Phi) is 4.45. The lowest BCUT2D eigenvalue weighted by atomic mass is 10.1. The smallest absolute Gasteiger partial charge is 0.251 e. The van der Waals surface area contributed by atoms with E-state index in [4.69, 9.17) is 5.73 Å². The van der Waals surface area contributed by atoms with Gasteiger partial charge in [-0.15, -0.1) is 0 Å². The average molecular weight is 276 g/mol. The number of hydrogen-bond acceptors (Lipinski definition) is 4. The SMILES string of the molecule is CNC(=O)c1ccc(N)c(NCC(=O)N2CCCC2)c1. The van der Waals surface area contributed by atoms with Crippen LogP contribution in [0, 0.1) is 0 Å². The summed E-state index contributed by atoms with van der Waals surface area (Å²) < 4.78 is 0. The van der Waals surface area contributed by atoms with Crippen molar-refractivity contribution in [2.75, 3.05) is 37.7 Å². The van der Waals surface area contributed by atoms with Gasteiger partial charge in [0.25, 0.3) is 5.91 Å². The molecule has 1 aromatic rings. The molecule has 0 bridgehead atoms. The molecule has 4 N–H and O–H groups in total. The summed E-state index contributed by atoms with van der Waals surface area (Å²) in [7, 11) is 1.57. The Balaban J connectivity index is 2.01. The molecule has 0 aromatic heterocycles. The van der Waals surface area contributed by atoms with Gasteiger partial charge < -0.3 is 21.3 Å². The largest absolute Gasteiger partial charge is 0.397 e. The zero-order valence-corrected chi connectivity index (χ0v) is 11.6. The number of carbonyl (C=O) groups excluding carboxylic acids is 2. The average Bonchev–Trinajstić information content (AvgIpc) is 2.99. The molecular weight excluding hydrogens is 256 g/mol. The molecule has 2 rings (SSSR count). The zero-order valence-electron chi connectivity index (χ0n) is 11.6. The molecule has 1 saturated heterocycles. The molecule has 6 heteroatoms. The van der Waals surface area contributed by atoms with Crippen molar-refractivity contribution in [1.82, 2.24) is 10.2 Å². The lowest BCUT2D eigenvalue weighted by Gasteiger charge is -2.17. The third-order valence-electron chi connectivity index (χ3n) is 3.43. The monoisotopic (exact) mass is 276 g/mol. The van der Waals surface area contributed by atoms with Gasteiger partial charge in [-0.05, 0) is 31.0 Å². The minimum absolute atomic E-state index is 0.0623. The Morgan fingerprint density at radius 2 is 2.00 bits per heavy atom. The molecule has 0 aliphatic carbocycles. The number of amides is 2.